The predicted molar refractivity (Wildman–Crippen MR) is 75.8 cm³/mol. The minimum atomic E-state index is -4.37. The standard InChI is InChI=1S/C13H13F3INO2/c14-13(15,16)7-20-11-5-4-8(6-10(11)17)12(19)18-9-2-1-3-9/h4-6,9H,1-3,7H2,(H,18,19). The average molecular weight is 399 g/mol. The molecule has 1 aromatic rings. The number of halogens is 4. The smallest absolute Gasteiger partial charge is 0.422 e. The van der Waals surface area contributed by atoms with E-state index in [9.17, 15) is 18.0 Å². The Kier molecular flexibility index (Phi) is 4.77. The maximum atomic E-state index is 12.1. The summed E-state index contributed by atoms with van der Waals surface area (Å²) < 4.78 is 41.4. The van der Waals surface area contributed by atoms with Crippen molar-refractivity contribution in [2.24, 2.45) is 0 Å². The second-order valence-corrected chi connectivity index (χ2v) is 5.81. The van der Waals surface area contributed by atoms with Crippen molar-refractivity contribution in [3.63, 3.8) is 0 Å². The average Bonchev–Trinajstić information content (AvgIpc) is 2.30. The van der Waals surface area contributed by atoms with Gasteiger partial charge in [0.1, 0.15) is 5.75 Å². The van der Waals surface area contributed by atoms with E-state index < -0.39 is 12.8 Å². The Morgan fingerprint density at radius 2 is 2.10 bits per heavy atom. The number of ether oxygens (including phenoxy) is 1. The molecular weight excluding hydrogens is 386 g/mol. The summed E-state index contributed by atoms with van der Waals surface area (Å²) in [5.74, 6) is -0.0712. The van der Waals surface area contributed by atoms with E-state index in [1.807, 2.05) is 22.6 Å². The van der Waals surface area contributed by atoms with Gasteiger partial charge < -0.3 is 10.1 Å². The van der Waals surface area contributed by atoms with Gasteiger partial charge in [0.2, 0.25) is 0 Å². The first-order chi connectivity index (χ1) is 9.35. The molecule has 0 radical (unpaired) electrons. The number of rotatable bonds is 4. The molecule has 7 heteroatoms. The van der Waals surface area contributed by atoms with Crippen molar-refractivity contribution in [2.75, 3.05) is 6.61 Å². The van der Waals surface area contributed by atoms with Crippen LogP contribution in [-0.2, 0) is 0 Å². The Morgan fingerprint density at radius 3 is 2.60 bits per heavy atom. The molecule has 2 rings (SSSR count). The van der Waals surface area contributed by atoms with E-state index in [1.165, 1.54) is 18.2 Å². The van der Waals surface area contributed by atoms with E-state index >= 15 is 0 Å². The van der Waals surface area contributed by atoms with Gasteiger partial charge in [0.25, 0.3) is 5.91 Å². The second-order valence-electron chi connectivity index (χ2n) is 4.65. The van der Waals surface area contributed by atoms with Gasteiger partial charge >= 0.3 is 6.18 Å². The highest BCUT2D eigenvalue weighted by Crippen LogP contribution is 2.25. The van der Waals surface area contributed by atoms with Gasteiger partial charge in [-0.15, -0.1) is 0 Å². The fourth-order valence-electron chi connectivity index (χ4n) is 1.74. The van der Waals surface area contributed by atoms with Crippen molar-refractivity contribution < 1.29 is 22.7 Å². The van der Waals surface area contributed by atoms with Crippen LogP contribution in [0.1, 0.15) is 29.6 Å². The first-order valence-corrected chi connectivity index (χ1v) is 7.23. The first kappa shape index (κ1) is 15.4. The quantitative estimate of drug-likeness (QED) is 0.788. The monoisotopic (exact) mass is 399 g/mol. The van der Waals surface area contributed by atoms with Crippen molar-refractivity contribution >= 4 is 28.5 Å². The summed E-state index contributed by atoms with van der Waals surface area (Å²) in [7, 11) is 0. The third-order valence-electron chi connectivity index (χ3n) is 3.03. The normalized spacial score (nSPS) is 15.6. The Hall–Kier alpha value is -0.990. The Morgan fingerprint density at radius 1 is 1.40 bits per heavy atom. The van der Waals surface area contributed by atoms with Crippen molar-refractivity contribution in [3.05, 3.63) is 27.3 Å². The second kappa shape index (κ2) is 6.19. The molecule has 1 saturated carbocycles. The third-order valence-corrected chi connectivity index (χ3v) is 3.87. The molecule has 0 aromatic heterocycles. The molecule has 0 aliphatic heterocycles. The van der Waals surface area contributed by atoms with Crippen LogP contribution in [0.15, 0.2) is 18.2 Å². The van der Waals surface area contributed by atoms with Gasteiger partial charge in [0, 0.05) is 11.6 Å². The number of carbonyl (C=O) groups is 1. The zero-order chi connectivity index (χ0) is 14.8. The zero-order valence-corrected chi connectivity index (χ0v) is 12.6. The molecule has 110 valence electrons. The summed E-state index contributed by atoms with van der Waals surface area (Å²) in [6.45, 7) is -1.34. The van der Waals surface area contributed by atoms with Crippen LogP contribution >= 0.6 is 22.6 Å². The van der Waals surface area contributed by atoms with Crippen LogP contribution in [0.5, 0.6) is 5.75 Å². The molecule has 0 atom stereocenters. The number of nitrogens with one attached hydrogen (secondary N) is 1. The lowest BCUT2D eigenvalue weighted by atomic mass is 9.93. The third kappa shape index (κ3) is 4.26. The fraction of sp³-hybridized carbons (Fsp3) is 0.462. The molecule has 1 aliphatic carbocycles. The molecule has 1 amide bonds. The molecule has 0 unspecified atom stereocenters. The summed E-state index contributed by atoms with van der Waals surface area (Å²) in [5, 5.41) is 2.87. The largest absolute Gasteiger partial charge is 0.483 e. The van der Waals surface area contributed by atoms with Crippen LogP contribution in [0, 0.1) is 3.57 Å². The van der Waals surface area contributed by atoms with Gasteiger partial charge in [0.15, 0.2) is 6.61 Å². The minimum absolute atomic E-state index is 0.128. The molecule has 0 saturated heterocycles. The highest BCUT2D eigenvalue weighted by atomic mass is 127. The lowest BCUT2D eigenvalue weighted by Crippen LogP contribution is -2.39. The number of hydrogen-bond acceptors (Lipinski definition) is 2. The van der Waals surface area contributed by atoms with Gasteiger partial charge in [-0.25, -0.2) is 0 Å². The van der Waals surface area contributed by atoms with E-state index in [4.69, 9.17) is 0 Å². The van der Waals surface area contributed by atoms with E-state index in [0.29, 0.717) is 9.13 Å². The number of benzene rings is 1. The molecule has 0 bridgehead atoms. The molecule has 3 nitrogen and oxygen atoms in total. The number of amides is 1. The molecule has 1 fully saturated rings. The molecule has 1 aromatic carbocycles. The number of carbonyl (C=O) groups excluding carboxylic acids is 1. The number of hydrogen-bond donors (Lipinski definition) is 1. The van der Waals surface area contributed by atoms with Crippen LogP contribution in [-0.4, -0.2) is 24.7 Å². The summed E-state index contributed by atoms with van der Waals surface area (Å²) in [6.07, 6.45) is -1.29. The molecule has 1 aliphatic rings. The van der Waals surface area contributed by atoms with Crippen LogP contribution in [0.4, 0.5) is 13.2 Å². The summed E-state index contributed by atoms with van der Waals surface area (Å²) in [4.78, 5) is 11.9. The van der Waals surface area contributed by atoms with Crippen LogP contribution in [0.3, 0.4) is 0 Å². The van der Waals surface area contributed by atoms with E-state index in [1.54, 1.807) is 0 Å². The summed E-state index contributed by atoms with van der Waals surface area (Å²) in [6, 6.07) is 4.62. The van der Waals surface area contributed by atoms with Gasteiger partial charge in [-0.2, -0.15) is 13.2 Å². The van der Waals surface area contributed by atoms with Crippen LogP contribution < -0.4 is 10.1 Å². The predicted octanol–water partition coefficient (Wildman–Crippen LogP) is 3.51. The molecule has 20 heavy (non-hydrogen) atoms. The van der Waals surface area contributed by atoms with E-state index in [2.05, 4.69) is 10.1 Å². The fourth-order valence-corrected chi connectivity index (χ4v) is 2.41. The minimum Gasteiger partial charge on any atom is -0.483 e. The summed E-state index contributed by atoms with van der Waals surface area (Å²) in [5.41, 5.74) is 0.431. The Bertz CT molecular complexity index is 501. The van der Waals surface area contributed by atoms with Crippen molar-refractivity contribution in [1.29, 1.82) is 0 Å². The highest BCUT2D eigenvalue weighted by molar-refractivity contribution is 14.1. The zero-order valence-electron chi connectivity index (χ0n) is 10.5. The first-order valence-electron chi connectivity index (χ1n) is 6.15. The molecule has 0 spiro atoms. The maximum Gasteiger partial charge on any atom is 0.422 e. The van der Waals surface area contributed by atoms with Crippen LogP contribution in [0.25, 0.3) is 0 Å². The molecule has 0 heterocycles. The van der Waals surface area contributed by atoms with Gasteiger partial charge in [-0.1, -0.05) is 0 Å². The topological polar surface area (TPSA) is 38.3 Å². The summed E-state index contributed by atoms with van der Waals surface area (Å²) >= 11 is 1.86. The van der Waals surface area contributed by atoms with Crippen molar-refractivity contribution in [2.45, 2.75) is 31.5 Å². The van der Waals surface area contributed by atoms with Gasteiger partial charge in [-0.3, -0.25) is 4.79 Å². The lowest BCUT2D eigenvalue weighted by molar-refractivity contribution is -0.153. The van der Waals surface area contributed by atoms with Crippen molar-refractivity contribution in [3.8, 4) is 5.75 Å². The van der Waals surface area contributed by atoms with Crippen molar-refractivity contribution in [1.82, 2.24) is 5.32 Å². The highest BCUT2D eigenvalue weighted by Gasteiger charge is 2.29. The molecule has 1 N–H and O–H groups in total. The van der Waals surface area contributed by atoms with E-state index in [0.717, 1.165) is 19.3 Å². The molecular formula is C13H13F3INO2. The number of alkyl halides is 3. The van der Waals surface area contributed by atoms with Crippen LogP contribution in [0.2, 0.25) is 0 Å². The maximum absolute atomic E-state index is 12.1. The Labute approximate surface area is 128 Å². The van der Waals surface area contributed by atoms with E-state index in [-0.39, 0.29) is 17.7 Å². The van der Waals surface area contributed by atoms with Gasteiger partial charge in [0.05, 0.1) is 3.57 Å². The SMILES string of the molecule is O=C(NC1CCC1)c1ccc(OCC(F)(F)F)c(I)c1. The Balaban J connectivity index is 1.99. The lowest BCUT2D eigenvalue weighted by Gasteiger charge is -2.26. The van der Waals surface area contributed by atoms with Gasteiger partial charge in [-0.05, 0) is 60.1 Å².